The maximum absolute atomic E-state index is 12.3. The number of allylic oxidation sites excluding steroid dienone is 4. The van der Waals surface area contributed by atoms with Crippen LogP contribution in [-0.2, 0) is 19.1 Å². The van der Waals surface area contributed by atoms with Gasteiger partial charge in [-0.25, -0.2) is 0 Å². The number of ether oxygens (including phenoxy) is 2. The highest BCUT2D eigenvalue weighted by Gasteiger charge is 2.35. The third-order valence-electron chi connectivity index (χ3n) is 5.79. The number of ketones is 2. The van der Waals surface area contributed by atoms with Crippen molar-refractivity contribution in [1.82, 2.24) is 0 Å². The molecule has 4 heteroatoms. The molecule has 0 saturated heterocycles. The maximum atomic E-state index is 12.3. The predicted octanol–water partition coefficient (Wildman–Crippen LogP) is 5.13. The molecule has 4 nitrogen and oxygen atoms in total. The first kappa shape index (κ1) is 20.7. The van der Waals surface area contributed by atoms with Crippen molar-refractivity contribution in [3.63, 3.8) is 0 Å². The van der Waals surface area contributed by atoms with Gasteiger partial charge in [0.25, 0.3) is 0 Å². The quantitative estimate of drug-likeness (QED) is 0.589. The Labute approximate surface area is 158 Å². The topological polar surface area (TPSA) is 52.6 Å². The normalized spacial score (nSPS) is 22.7. The Morgan fingerprint density at radius 3 is 1.42 bits per heavy atom. The van der Waals surface area contributed by atoms with E-state index in [1.807, 2.05) is 41.5 Å². The van der Waals surface area contributed by atoms with Gasteiger partial charge < -0.3 is 9.47 Å². The lowest BCUT2D eigenvalue weighted by molar-refractivity contribution is -0.125. The van der Waals surface area contributed by atoms with Gasteiger partial charge in [0.15, 0.2) is 11.6 Å². The number of carbonyl (C=O) groups is 2. The molecule has 0 amide bonds. The van der Waals surface area contributed by atoms with Crippen molar-refractivity contribution < 1.29 is 19.1 Å². The number of Topliss-reactive ketones (excluding diaryl/α,β-unsaturated/α-hetero) is 2. The highest BCUT2D eigenvalue weighted by molar-refractivity contribution is 6.00. The molecule has 0 atom stereocenters. The molecule has 0 aliphatic heterocycles. The van der Waals surface area contributed by atoms with Gasteiger partial charge in [-0.05, 0) is 39.5 Å². The van der Waals surface area contributed by atoms with Gasteiger partial charge in [0.05, 0.1) is 13.2 Å². The van der Waals surface area contributed by atoms with Crippen molar-refractivity contribution >= 4 is 11.6 Å². The van der Waals surface area contributed by atoms with Gasteiger partial charge in [0.2, 0.25) is 0 Å². The molecule has 2 rings (SSSR count). The molecular formula is C22H34O4. The first-order chi connectivity index (χ1) is 12.1. The summed E-state index contributed by atoms with van der Waals surface area (Å²) in [6.07, 6.45) is 5.12. The molecule has 0 N–H and O–H groups in total. The zero-order valence-corrected chi connectivity index (χ0v) is 17.3. The van der Waals surface area contributed by atoms with Crippen molar-refractivity contribution in [2.45, 2.75) is 80.1 Å². The molecule has 26 heavy (non-hydrogen) atoms. The van der Waals surface area contributed by atoms with Gasteiger partial charge in [0, 0.05) is 34.8 Å². The Morgan fingerprint density at radius 2 is 1.08 bits per heavy atom. The molecule has 0 bridgehead atoms. The van der Waals surface area contributed by atoms with Crippen molar-refractivity contribution in [1.29, 1.82) is 0 Å². The first-order valence-electron chi connectivity index (χ1n) is 9.81. The van der Waals surface area contributed by atoms with Crippen LogP contribution in [0.25, 0.3) is 0 Å². The predicted molar refractivity (Wildman–Crippen MR) is 103 cm³/mol. The maximum Gasteiger partial charge on any atom is 0.167 e. The average Bonchev–Trinajstić information content (AvgIpc) is 2.58. The summed E-state index contributed by atoms with van der Waals surface area (Å²) in [6, 6.07) is 0. The zero-order valence-electron chi connectivity index (χ0n) is 17.3. The first-order valence-corrected chi connectivity index (χ1v) is 9.81. The summed E-state index contributed by atoms with van der Waals surface area (Å²) in [5.41, 5.74) is 1.04. The molecule has 0 aromatic rings. The lowest BCUT2D eigenvalue weighted by Crippen LogP contribution is -2.30. The fraction of sp³-hybridized carbons (Fsp3) is 0.727. The third-order valence-corrected chi connectivity index (χ3v) is 5.79. The number of unbranched alkanes of at least 4 members (excludes halogenated alkanes) is 1. The van der Waals surface area contributed by atoms with E-state index >= 15 is 0 Å². The monoisotopic (exact) mass is 362 g/mol. The molecule has 0 saturated carbocycles. The molecule has 0 unspecified atom stereocenters. The fourth-order valence-electron chi connectivity index (χ4n) is 3.68. The molecule has 0 aromatic heterocycles. The van der Waals surface area contributed by atoms with Crippen LogP contribution in [0.3, 0.4) is 0 Å². The highest BCUT2D eigenvalue weighted by atomic mass is 16.5. The van der Waals surface area contributed by atoms with Crippen LogP contribution >= 0.6 is 0 Å². The highest BCUT2D eigenvalue weighted by Crippen LogP contribution is 2.37. The minimum absolute atomic E-state index is 0.203. The number of carbonyl (C=O) groups excluding carboxylic acids is 2. The van der Waals surface area contributed by atoms with E-state index in [2.05, 4.69) is 0 Å². The van der Waals surface area contributed by atoms with E-state index in [9.17, 15) is 9.59 Å². The second kappa shape index (κ2) is 7.98. The third kappa shape index (κ3) is 4.57. The Morgan fingerprint density at radius 1 is 0.731 bits per heavy atom. The molecular weight excluding hydrogens is 328 g/mol. The van der Waals surface area contributed by atoms with E-state index in [-0.39, 0.29) is 22.4 Å². The standard InChI is InChI=1S/C22H34O4/c1-15-17(9-11-21(3,4)19(15)23)25-13-7-8-14-26-18-10-12-22(5,6)20(24)16(18)2/h7-14H2,1-6H3. The molecule has 0 radical (unpaired) electrons. The van der Waals surface area contributed by atoms with Gasteiger partial charge in [-0.15, -0.1) is 0 Å². The van der Waals surface area contributed by atoms with Crippen LogP contribution in [0, 0.1) is 10.8 Å². The van der Waals surface area contributed by atoms with Crippen molar-refractivity contribution in [3.8, 4) is 0 Å². The molecule has 0 aromatic carbocycles. The van der Waals surface area contributed by atoms with Crippen LogP contribution < -0.4 is 0 Å². The lowest BCUT2D eigenvalue weighted by atomic mass is 9.76. The summed E-state index contributed by atoms with van der Waals surface area (Å²) < 4.78 is 11.7. The number of rotatable bonds is 7. The minimum atomic E-state index is -0.262. The molecule has 2 aliphatic rings. The Bertz CT molecular complexity index is 579. The van der Waals surface area contributed by atoms with Gasteiger partial charge >= 0.3 is 0 Å². The Balaban J connectivity index is 1.72. The summed E-state index contributed by atoms with van der Waals surface area (Å²) in [6.45, 7) is 13.0. The van der Waals surface area contributed by atoms with Crippen LogP contribution in [0.4, 0.5) is 0 Å². The summed E-state index contributed by atoms with van der Waals surface area (Å²) in [7, 11) is 0. The van der Waals surface area contributed by atoms with Gasteiger partial charge in [0.1, 0.15) is 11.5 Å². The smallest absolute Gasteiger partial charge is 0.167 e. The minimum Gasteiger partial charge on any atom is -0.498 e. The SMILES string of the molecule is CC1=C(OCCCCOC2=C(C)C(=O)C(C)(C)CC2)CCC(C)(C)C1=O. The molecule has 0 fully saturated rings. The molecule has 2 aliphatic carbocycles. The summed E-state index contributed by atoms with van der Waals surface area (Å²) in [5.74, 6) is 2.12. The Kier molecular flexibility index (Phi) is 6.36. The van der Waals surface area contributed by atoms with E-state index < -0.39 is 0 Å². The van der Waals surface area contributed by atoms with Crippen molar-refractivity contribution in [3.05, 3.63) is 22.7 Å². The Hall–Kier alpha value is -1.58. The van der Waals surface area contributed by atoms with Gasteiger partial charge in [-0.2, -0.15) is 0 Å². The summed E-state index contributed by atoms with van der Waals surface area (Å²) in [5, 5.41) is 0. The largest absolute Gasteiger partial charge is 0.498 e. The number of hydrogen-bond donors (Lipinski definition) is 0. The average molecular weight is 363 g/mol. The van der Waals surface area contributed by atoms with Crippen LogP contribution in [0.15, 0.2) is 22.7 Å². The van der Waals surface area contributed by atoms with Crippen molar-refractivity contribution in [2.24, 2.45) is 10.8 Å². The molecule has 0 heterocycles. The number of hydrogen-bond acceptors (Lipinski definition) is 4. The second-order valence-electron chi connectivity index (χ2n) is 8.93. The van der Waals surface area contributed by atoms with Gasteiger partial charge in [-0.1, -0.05) is 27.7 Å². The second-order valence-corrected chi connectivity index (χ2v) is 8.93. The van der Waals surface area contributed by atoms with Crippen LogP contribution in [0.2, 0.25) is 0 Å². The fourth-order valence-corrected chi connectivity index (χ4v) is 3.68. The lowest BCUT2D eigenvalue weighted by Gasteiger charge is -2.30. The van der Waals surface area contributed by atoms with Crippen molar-refractivity contribution in [2.75, 3.05) is 13.2 Å². The van der Waals surface area contributed by atoms with Crippen LogP contribution in [0.5, 0.6) is 0 Å². The van der Waals surface area contributed by atoms with E-state index in [1.54, 1.807) is 0 Å². The van der Waals surface area contributed by atoms with E-state index in [1.165, 1.54) is 0 Å². The van der Waals surface area contributed by atoms with Crippen LogP contribution in [-0.4, -0.2) is 24.8 Å². The van der Waals surface area contributed by atoms with E-state index in [4.69, 9.17) is 9.47 Å². The zero-order chi connectivity index (χ0) is 19.5. The summed E-state index contributed by atoms with van der Waals surface area (Å²) >= 11 is 0. The van der Waals surface area contributed by atoms with E-state index in [0.717, 1.165) is 61.2 Å². The molecule has 0 spiro atoms. The molecule has 146 valence electrons. The van der Waals surface area contributed by atoms with Gasteiger partial charge in [-0.3, -0.25) is 9.59 Å². The summed E-state index contributed by atoms with van der Waals surface area (Å²) in [4.78, 5) is 24.6. The van der Waals surface area contributed by atoms with E-state index in [0.29, 0.717) is 13.2 Å². The van der Waals surface area contributed by atoms with Crippen LogP contribution in [0.1, 0.15) is 80.1 Å².